The summed E-state index contributed by atoms with van der Waals surface area (Å²) in [7, 11) is 1.39. The van der Waals surface area contributed by atoms with Gasteiger partial charge >= 0.3 is 12.1 Å². The SMILES string of the molecule is COC(=O)c1sc(C2CC2)cc1OC1CCN(C(=O)OC(C)(C)C)CC1. The number of hydrogen-bond acceptors (Lipinski definition) is 6. The van der Waals surface area contributed by atoms with Crippen LogP contribution in [0.4, 0.5) is 4.79 Å². The van der Waals surface area contributed by atoms with Crippen LogP contribution in [0.25, 0.3) is 0 Å². The Morgan fingerprint density at radius 2 is 1.81 bits per heavy atom. The molecule has 1 saturated heterocycles. The van der Waals surface area contributed by atoms with Crippen LogP contribution in [-0.4, -0.2) is 48.9 Å². The van der Waals surface area contributed by atoms with Crippen molar-refractivity contribution >= 4 is 23.4 Å². The minimum atomic E-state index is -0.490. The maximum Gasteiger partial charge on any atom is 0.410 e. The molecule has 1 aliphatic carbocycles. The van der Waals surface area contributed by atoms with Crippen molar-refractivity contribution in [1.29, 1.82) is 0 Å². The average Bonchev–Trinajstić information content (AvgIpc) is 3.34. The molecule has 1 saturated carbocycles. The first-order valence-corrected chi connectivity index (χ1v) is 9.95. The summed E-state index contributed by atoms with van der Waals surface area (Å²) in [5, 5.41) is 0. The summed E-state index contributed by atoms with van der Waals surface area (Å²) in [4.78, 5) is 27.7. The van der Waals surface area contributed by atoms with Crippen molar-refractivity contribution in [1.82, 2.24) is 4.90 Å². The van der Waals surface area contributed by atoms with Gasteiger partial charge in [0.1, 0.15) is 17.5 Å². The highest BCUT2D eigenvalue weighted by Gasteiger charge is 2.32. The molecule has 0 spiro atoms. The summed E-state index contributed by atoms with van der Waals surface area (Å²) in [6.07, 6.45) is 3.49. The van der Waals surface area contributed by atoms with Gasteiger partial charge in [-0.15, -0.1) is 11.3 Å². The van der Waals surface area contributed by atoms with Gasteiger partial charge in [0, 0.05) is 30.8 Å². The van der Waals surface area contributed by atoms with Crippen LogP contribution in [0.1, 0.15) is 66.9 Å². The minimum absolute atomic E-state index is 0.0151. The number of thiophene rings is 1. The molecule has 0 radical (unpaired) electrons. The summed E-state index contributed by atoms with van der Waals surface area (Å²) < 4.78 is 16.4. The summed E-state index contributed by atoms with van der Waals surface area (Å²) in [6, 6.07) is 1.99. The summed E-state index contributed by atoms with van der Waals surface area (Å²) >= 11 is 1.48. The summed E-state index contributed by atoms with van der Waals surface area (Å²) in [5.74, 6) is 0.845. The van der Waals surface area contributed by atoms with Crippen molar-refractivity contribution in [2.45, 2.75) is 64.1 Å². The lowest BCUT2D eigenvalue weighted by atomic mass is 10.1. The van der Waals surface area contributed by atoms with Crippen LogP contribution in [0.5, 0.6) is 5.75 Å². The van der Waals surface area contributed by atoms with Crippen molar-refractivity contribution < 1.29 is 23.8 Å². The topological polar surface area (TPSA) is 65.1 Å². The van der Waals surface area contributed by atoms with E-state index in [1.165, 1.54) is 36.2 Å². The standard InChI is InChI=1S/C19H27NO5S/c1-19(2,3)25-18(22)20-9-7-13(8-10-20)24-14-11-15(12-5-6-12)26-16(14)17(21)23-4/h11-13H,5-10H2,1-4H3. The van der Waals surface area contributed by atoms with Gasteiger partial charge in [0.05, 0.1) is 7.11 Å². The number of rotatable bonds is 4. The van der Waals surface area contributed by atoms with Gasteiger partial charge in [-0.3, -0.25) is 0 Å². The van der Waals surface area contributed by atoms with Gasteiger partial charge in [-0.2, -0.15) is 0 Å². The number of ether oxygens (including phenoxy) is 3. The number of nitrogens with zero attached hydrogens (tertiary/aromatic N) is 1. The van der Waals surface area contributed by atoms with Crippen molar-refractivity contribution in [2.75, 3.05) is 20.2 Å². The van der Waals surface area contributed by atoms with Crippen molar-refractivity contribution in [3.05, 3.63) is 15.8 Å². The van der Waals surface area contributed by atoms with Crippen molar-refractivity contribution in [3.8, 4) is 5.75 Å². The van der Waals surface area contributed by atoms with Crippen LogP contribution in [0.2, 0.25) is 0 Å². The molecule has 1 aliphatic heterocycles. The molecule has 7 heteroatoms. The van der Waals surface area contributed by atoms with Gasteiger partial charge in [-0.1, -0.05) is 0 Å². The monoisotopic (exact) mass is 381 g/mol. The van der Waals surface area contributed by atoms with Crippen molar-refractivity contribution in [2.24, 2.45) is 0 Å². The zero-order chi connectivity index (χ0) is 18.9. The molecule has 0 bridgehead atoms. The first-order chi connectivity index (χ1) is 12.3. The number of methoxy groups -OCH3 is 1. The van der Waals surface area contributed by atoms with Gasteiger partial charge in [0.2, 0.25) is 0 Å². The normalized spacial score (nSPS) is 18.5. The second-order valence-electron chi connectivity index (χ2n) is 7.89. The molecular weight excluding hydrogens is 354 g/mol. The molecule has 2 heterocycles. The predicted octanol–water partition coefficient (Wildman–Crippen LogP) is 4.19. The molecule has 2 aliphatic rings. The number of carbonyl (C=O) groups is 2. The number of amides is 1. The fourth-order valence-corrected chi connectivity index (χ4v) is 4.12. The molecule has 3 rings (SSSR count). The number of likely N-dealkylation sites (tertiary alicyclic amines) is 1. The first-order valence-electron chi connectivity index (χ1n) is 9.13. The molecule has 144 valence electrons. The third-order valence-corrected chi connectivity index (χ3v) is 5.71. The largest absolute Gasteiger partial charge is 0.488 e. The molecule has 1 aromatic rings. The molecule has 6 nitrogen and oxygen atoms in total. The fraction of sp³-hybridized carbons (Fsp3) is 0.684. The van der Waals surface area contributed by atoms with E-state index in [2.05, 4.69) is 0 Å². The van der Waals surface area contributed by atoms with E-state index in [1.54, 1.807) is 4.90 Å². The molecular formula is C19H27NO5S. The van der Waals surface area contributed by atoms with E-state index in [0.29, 0.717) is 42.5 Å². The Morgan fingerprint density at radius 3 is 2.35 bits per heavy atom. The Kier molecular flexibility index (Phi) is 5.46. The second kappa shape index (κ2) is 7.47. The molecule has 0 unspecified atom stereocenters. The number of esters is 1. The van der Waals surface area contributed by atoms with Gasteiger partial charge < -0.3 is 19.1 Å². The molecule has 2 fully saturated rings. The Morgan fingerprint density at radius 1 is 1.15 bits per heavy atom. The Labute approximate surface area is 158 Å². The number of hydrogen-bond donors (Lipinski definition) is 0. The van der Waals surface area contributed by atoms with Crippen molar-refractivity contribution in [3.63, 3.8) is 0 Å². The molecule has 0 atom stereocenters. The third kappa shape index (κ3) is 4.69. The van der Waals surface area contributed by atoms with Crippen LogP contribution in [0, 0.1) is 0 Å². The lowest BCUT2D eigenvalue weighted by Crippen LogP contribution is -2.44. The molecule has 26 heavy (non-hydrogen) atoms. The Bertz CT molecular complexity index is 666. The zero-order valence-corrected chi connectivity index (χ0v) is 16.7. The molecule has 1 amide bonds. The van der Waals surface area contributed by atoms with Gasteiger partial charge in [0.15, 0.2) is 4.88 Å². The lowest BCUT2D eigenvalue weighted by molar-refractivity contribution is 0.0126. The van der Waals surface area contributed by atoms with Gasteiger partial charge in [0.25, 0.3) is 0 Å². The number of piperidine rings is 1. The fourth-order valence-electron chi connectivity index (χ4n) is 2.95. The zero-order valence-electron chi connectivity index (χ0n) is 15.9. The quantitative estimate of drug-likeness (QED) is 0.732. The average molecular weight is 381 g/mol. The van der Waals surface area contributed by atoms with Crippen LogP contribution in [0.15, 0.2) is 6.07 Å². The maximum atomic E-state index is 12.1. The van der Waals surface area contributed by atoms with E-state index < -0.39 is 5.60 Å². The van der Waals surface area contributed by atoms with Crippen LogP contribution < -0.4 is 4.74 Å². The van der Waals surface area contributed by atoms with Gasteiger partial charge in [-0.25, -0.2) is 9.59 Å². The van der Waals surface area contributed by atoms with E-state index in [4.69, 9.17) is 14.2 Å². The highest BCUT2D eigenvalue weighted by molar-refractivity contribution is 7.14. The number of carbonyl (C=O) groups excluding carboxylic acids is 2. The summed E-state index contributed by atoms with van der Waals surface area (Å²) in [5.41, 5.74) is -0.490. The lowest BCUT2D eigenvalue weighted by Gasteiger charge is -2.33. The summed E-state index contributed by atoms with van der Waals surface area (Å²) in [6.45, 7) is 6.77. The van der Waals surface area contributed by atoms with E-state index in [0.717, 1.165) is 0 Å². The molecule has 1 aromatic heterocycles. The Hall–Kier alpha value is -1.76. The maximum absolute atomic E-state index is 12.1. The first kappa shape index (κ1) is 19.0. The Balaban J connectivity index is 1.59. The van der Waals surface area contributed by atoms with Crippen LogP contribution in [0.3, 0.4) is 0 Å². The smallest absolute Gasteiger partial charge is 0.410 e. The van der Waals surface area contributed by atoms with E-state index in [1.807, 2.05) is 26.8 Å². The predicted molar refractivity (Wildman–Crippen MR) is 99.1 cm³/mol. The highest BCUT2D eigenvalue weighted by Crippen LogP contribution is 2.46. The van der Waals surface area contributed by atoms with E-state index >= 15 is 0 Å². The van der Waals surface area contributed by atoms with Gasteiger partial charge in [-0.05, 0) is 45.6 Å². The second-order valence-corrected chi connectivity index (χ2v) is 8.98. The minimum Gasteiger partial charge on any atom is -0.488 e. The molecule has 0 N–H and O–H groups in total. The highest BCUT2D eigenvalue weighted by atomic mass is 32.1. The molecule has 0 aromatic carbocycles. The van der Waals surface area contributed by atoms with E-state index in [9.17, 15) is 9.59 Å². The van der Waals surface area contributed by atoms with Crippen LogP contribution in [-0.2, 0) is 9.47 Å². The van der Waals surface area contributed by atoms with Crippen LogP contribution >= 0.6 is 11.3 Å². The van der Waals surface area contributed by atoms with E-state index in [-0.39, 0.29) is 18.2 Å². The third-order valence-electron chi connectivity index (χ3n) is 4.45.